The Hall–Kier alpha value is -4.60. The van der Waals surface area contributed by atoms with Crippen molar-refractivity contribution in [2.24, 2.45) is 0 Å². The number of phenolic OH excluding ortho intramolecular Hbond substituents is 2. The van der Waals surface area contributed by atoms with Crippen LogP contribution in [0.1, 0.15) is 127 Å². The van der Waals surface area contributed by atoms with Gasteiger partial charge >= 0.3 is 11.9 Å². The van der Waals surface area contributed by atoms with Gasteiger partial charge in [-0.3, -0.25) is 9.59 Å². The number of rotatable bonds is 7. The van der Waals surface area contributed by atoms with Gasteiger partial charge in [-0.2, -0.15) is 0 Å². The van der Waals surface area contributed by atoms with Crippen molar-refractivity contribution in [3.8, 4) is 11.5 Å². The lowest BCUT2D eigenvalue weighted by Crippen LogP contribution is -2.64. The van der Waals surface area contributed by atoms with Crippen molar-refractivity contribution in [1.29, 1.82) is 0 Å². The molecule has 1 atom stereocenters. The molecule has 4 rings (SSSR count). The molecule has 0 radical (unpaired) electrons. The number of esters is 2. The van der Waals surface area contributed by atoms with Crippen LogP contribution in [0.15, 0.2) is 49.6 Å². The Morgan fingerprint density at radius 3 is 1.24 bits per heavy atom. The number of likely N-dealkylation sites (tertiary alicyclic amines) is 2. The molecule has 302 valence electrons. The SMILES string of the molecule is C=CC(=O)N1C(C)(C)CC(OC(=O)C(=O)OC2CC(C)(C)N(C(=O)C=C)C(C)(C)C2)CC1(C)C.Cc1cc(CC(C)c2cc(C)c(O)c(C)c2)cc(C)c1O. The van der Waals surface area contributed by atoms with Crippen molar-refractivity contribution >= 4 is 23.8 Å². The van der Waals surface area contributed by atoms with E-state index in [1.165, 1.54) is 23.3 Å². The molecular formula is C45H64N2O8. The zero-order valence-corrected chi connectivity index (χ0v) is 35.4. The number of carbonyl (C=O) groups is 4. The topological polar surface area (TPSA) is 134 Å². The Balaban J connectivity index is 0.000000330. The Bertz CT molecular complexity index is 1670. The summed E-state index contributed by atoms with van der Waals surface area (Å²) in [4.78, 5) is 53.7. The highest BCUT2D eigenvalue weighted by Gasteiger charge is 2.50. The number of phenols is 2. The number of aryl methyl sites for hydroxylation is 4. The first kappa shape index (κ1) is 44.8. The molecule has 2 amide bonds. The van der Waals surface area contributed by atoms with E-state index in [1.54, 1.807) is 9.80 Å². The van der Waals surface area contributed by atoms with Crippen LogP contribution >= 0.6 is 0 Å². The maximum absolute atomic E-state index is 12.6. The van der Waals surface area contributed by atoms with E-state index in [0.717, 1.165) is 28.7 Å². The Labute approximate surface area is 328 Å². The van der Waals surface area contributed by atoms with Gasteiger partial charge in [-0.05, 0) is 141 Å². The fourth-order valence-corrected chi connectivity index (χ4v) is 9.23. The van der Waals surface area contributed by atoms with E-state index in [0.29, 0.717) is 43.1 Å². The molecule has 2 saturated heterocycles. The van der Waals surface area contributed by atoms with Crippen LogP contribution in [0.25, 0.3) is 0 Å². The number of aromatic hydroxyl groups is 2. The van der Waals surface area contributed by atoms with Crippen molar-refractivity contribution < 1.29 is 38.9 Å². The Morgan fingerprint density at radius 1 is 0.655 bits per heavy atom. The first-order valence-corrected chi connectivity index (χ1v) is 19.1. The van der Waals surface area contributed by atoms with E-state index >= 15 is 0 Å². The van der Waals surface area contributed by atoms with Crippen LogP contribution in [-0.4, -0.2) is 78.1 Å². The van der Waals surface area contributed by atoms with Gasteiger partial charge in [-0.1, -0.05) is 44.3 Å². The number of piperidine rings is 2. The van der Waals surface area contributed by atoms with Crippen LogP contribution in [0, 0.1) is 27.7 Å². The van der Waals surface area contributed by atoms with Gasteiger partial charge in [0.2, 0.25) is 11.8 Å². The molecule has 10 heteroatoms. The standard InChI is InChI=1S/C26H40N2O6.C19H24O2/c1-11-19(29)27-23(3,4)13-17(14-24(27,5)6)33-21(31)22(32)34-18-15-25(7,8)28(20(30)12-2)26(9,10)16-18;1-11(17-9-14(4)19(21)15(5)10-17)6-16-7-12(2)18(20)13(3)8-16/h11-12,17-18H,1-2,13-16H2,3-10H3;7-11,20-21H,6H2,1-5H3. The highest BCUT2D eigenvalue weighted by atomic mass is 16.6. The lowest BCUT2D eigenvalue weighted by atomic mass is 9.78. The average molecular weight is 761 g/mol. The quantitative estimate of drug-likeness (QED) is 0.164. The minimum atomic E-state index is -1.04. The summed E-state index contributed by atoms with van der Waals surface area (Å²) >= 11 is 0. The zero-order valence-electron chi connectivity index (χ0n) is 35.4. The van der Waals surface area contributed by atoms with Gasteiger partial charge < -0.3 is 29.5 Å². The van der Waals surface area contributed by atoms with Crippen LogP contribution in [0.4, 0.5) is 0 Å². The van der Waals surface area contributed by atoms with Gasteiger partial charge in [-0.15, -0.1) is 0 Å². The van der Waals surface area contributed by atoms with Gasteiger partial charge in [-0.25, -0.2) is 9.59 Å². The van der Waals surface area contributed by atoms with Crippen LogP contribution in [0.3, 0.4) is 0 Å². The number of hydrogen-bond donors (Lipinski definition) is 2. The fraction of sp³-hybridized carbons (Fsp3) is 0.556. The molecular weight excluding hydrogens is 697 g/mol. The Morgan fingerprint density at radius 2 is 0.945 bits per heavy atom. The summed E-state index contributed by atoms with van der Waals surface area (Å²) in [5.74, 6) is -1.31. The van der Waals surface area contributed by atoms with Crippen molar-refractivity contribution in [3.05, 3.63) is 83.0 Å². The van der Waals surface area contributed by atoms with E-state index < -0.39 is 46.3 Å². The molecule has 2 aromatic carbocycles. The maximum Gasteiger partial charge on any atom is 0.417 e. The first-order chi connectivity index (χ1) is 25.2. The number of ether oxygens (including phenoxy) is 2. The Kier molecular flexibility index (Phi) is 13.6. The van der Waals surface area contributed by atoms with Crippen LogP contribution in [-0.2, 0) is 35.1 Å². The summed E-state index contributed by atoms with van der Waals surface area (Å²) in [5.41, 5.74) is 3.79. The van der Waals surface area contributed by atoms with E-state index in [9.17, 15) is 29.4 Å². The molecule has 0 saturated carbocycles. The number of amides is 2. The molecule has 2 aromatic rings. The summed E-state index contributed by atoms with van der Waals surface area (Å²) in [5, 5.41) is 19.7. The minimum Gasteiger partial charge on any atom is -0.507 e. The number of benzene rings is 2. The fourth-order valence-electron chi connectivity index (χ4n) is 9.23. The molecule has 0 aromatic heterocycles. The highest BCUT2D eigenvalue weighted by molar-refractivity contribution is 6.29. The maximum atomic E-state index is 12.6. The third-order valence-corrected chi connectivity index (χ3v) is 11.0. The molecule has 0 aliphatic carbocycles. The van der Waals surface area contributed by atoms with Crippen LogP contribution in [0.5, 0.6) is 11.5 Å². The molecule has 0 bridgehead atoms. The van der Waals surface area contributed by atoms with Crippen molar-refractivity contribution in [3.63, 3.8) is 0 Å². The molecule has 2 heterocycles. The van der Waals surface area contributed by atoms with Crippen molar-refractivity contribution in [2.75, 3.05) is 0 Å². The average Bonchev–Trinajstić information content (AvgIpc) is 3.03. The monoisotopic (exact) mass is 760 g/mol. The van der Waals surface area contributed by atoms with E-state index in [-0.39, 0.29) is 11.8 Å². The van der Waals surface area contributed by atoms with Gasteiger partial charge in [0, 0.05) is 47.8 Å². The molecule has 55 heavy (non-hydrogen) atoms. The van der Waals surface area contributed by atoms with E-state index in [1.807, 2.05) is 83.1 Å². The van der Waals surface area contributed by atoms with Crippen LogP contribution < -0.4 is 0 Å². The summed E-state index contributed by atoms with van der Waals surface area (Å²) in [6.07, 6.45) is 3.94. The molecule has 2 aliphatic heterocycles. The van der Waals surface area contributed by atoms with Crippen LogP contribution in [0.2, 0.25) is 0 Å². The number of hydrogen-bond acceptors (Lipinski definition) is 8. The zero-order chi connectivity index (χ0) is 42.0. The normalized spacial score (nSPS) is 19.3. The third-order valence-electron chi connectivity index (χ3n) is 11.0. The highest BCUT2D eigenvalue weighted by Crippen LogP contribution is 2.41. The second-order valence-electron chi connectivity index (χ2n) is 18.1. The summed E-state index contributed by atoms with van der Waals surface area (Å²) in [6.45, 7) is 32.3. The first-order valence-electron chi connectivity index (χ1n) is 19.1. The summed E-state index contributed by atoms with van der Waals surface area (Å²) in [6, 6.07) is 8.23. The van der Waals surface area contributed by atoms with Crippen molar-refractivity contribution in [2.45, 2.75) is 162 Å². The smallest absolute Gasteiger partial charge is 0.417 e. The summed E-state index contributed by atoms with van der Waals surface area (Å²) in [7, 11) is 0. The number of nitrogens with zero attached hydrogens (tertiary/aromatic N) is 2. The molecule has 2 fully saturated rings. The third kappa shape index (κ3) is 10.4. The second-order valence-corrected chi connectivity index (χ2v) is 18.1. The largest absolute Gasteiger partial charge is 0.507 e. The molecule has 2 N–H and O–H groups in total. The van der Waals surface area contributed by atoms with Gasteiger partial charge in [0.05, 0.1) is 0 Å². The van der Waals surface area contributed by atoms with E-state index in [4.69, 9.17) is 9.47 Å². The van der Waals surface area contributed by atoms with Gasteiger partial charge in [0.1, 0.15) is 23.7 Å². The molecule has 10 nitrogen and oxygen atoms in total. The molecule has 2 aliphatic rings. The lowest BCUT2D eigenvalue weighted by Gasteiger charge is -2.54. The molecule has 1 unspecified atom stereocenters. The molecule has 0 spiro atoms. The number of carbonyl (C=O) groups excluding carboxylic acids is 4. The predicted molar refractivity (Wildman–Crippen MR) is 216 cm³/mol. The van der Waals surface area contributed by atoms with Crippen molar-refractivity contribution in [1.82, 2.24) is 9.80 Å². The minimum absolute atomic E-state index is 0.189. The van der Waals surface area contributed by atoms with E-state index in [2.05, 4.69) is 44.3 Å². The lowest BCUT2D eigenvalue weighted by molar-refractivity contribution is -0.186. The van der Waals surface area contributed by atoms with Gasteiger partial charge in [0.25, 0.3) is 0 Å². The summed E-state index contributed by atoms with van der Waals surface area (Å²) < 4.78 is 11.1. The predicted octanol–water partition coefficient (Wildman–Crippen LogP) is 8.22. The van der Waals surface area contributed by atoms with Gasteiger partial charge in [0.15, 0.2) is 0 Å². The second kappa shape index (κ2) is 16.6.